The lowest BCUT2D eigenvalue weighted by atomic mass is 10.1. The number of halogens is 1. The summed E-state index contributed by atoms with van der Waals surface area (Å²) >= 11 is 7.34. The number of hydrogen-bond donors (Lipinski definition) is 1. The Morgan fingerprint density at radius 2 is 1.82 bits per heavy atom. The number of nitrogens with one attached hydrogen (secondary N) is 1. The largest absolute Gasteiger partial charge is 0.448 e. The van der Waals surface area contributed by atoms with Crippen LogP contribution in [0.25, 0.3) is 27.8 Å². The zero-order valence-corrected chi connectivity index (χ0v) is 20.0. The van der Waals surface area contributed by atoms with Crippen LogP contribution >= 0.6 is 23.4 Å². The maximum atomic E-state index is 13.6. The molecule has 2 heterocycles. The van der Waals surface area contributed by atoms with Gasteiger partial charge < -0.3 is 9.73 Å². The molecule has 5 rings (SSSR count). The van der Waals surface area contributed by atoms with Crippen molar-refractivity contribution in [2.24, 2.45) is 0 Å². The Hall–Kier alpha value is -3.55. The van der Waals surface area contributed by atoms with Crippen molar-refractivity contribution in [3.63, 3.8) is 0 Å². The van der Waals surface area contributed by atoms with Gasteiger partial charge in [0.1, 0.15) is 11.1 Å². The third-order valence-electron chi connectivity index (χ3n) is 5.59. The zero-order valence-electron chi connectivity index (χ0n) is 18.5. The molecule has 0 saturated carbocycles. The molecule has 0 aliphatic heterocycles. The van der Waals surface area contributed by atoms with Crippen molar-refractivity contribution in [1.82, 2.24) is 9.55 Å². The molecule has 0 radical (unpaired) electrons. The first-order valence-corrected chi connectivity index (χ1v) is 12.0. The van der Waals surface area contributed by atoms with Gasteiger partial charge in [-0.05, 0) is 61.4 Å². The Labute approximate surface area is 204 Å². The molecule has 0 atom stereocenters. The minimum Gasteiger partial charge on any atom is -0.448 e. The van der Waals surface area contributed by atoms with Gasteiger partial charge >= 0.3 is 5.56 Å². The molecule has 0 bridgehead atoms. The van der Waals surface area contributed by atoms with E-state index in [1.807, 2.05) is 50.2 Å². The molecule has 3 aromatic carbocycles. The Kier molecular flexibility index (Phi) is 5.89. The highest BCUT2D eigenvalue weighted by molar-refractivity contribution is 7.99. The topological polar surface area (TPSA) is 77.1 Å². The summed E-state index contributed by atoms with van der Waals surface area (Å²) in [7, 11) is 0. The number of fused-ring (bicyclic) bond motifs is 3. The first-order valence-electron chi connectivity index (χ1n) is 10.6. The summed E-state index contributed by atoms with van der Waals surface area (Å²) in [5.41, 5.74) is 4.29. The Morgan fingerprint density at radius 1 is 1.06 bits per heavy atom. The van der Waals surface area contributed by atoms with Gasteiger partial charge in [-0.15, -0.1) is 0 Å². The van der Waals surface area contributed by atoms with Crippen LogP contribution in [-0.2, 0) is 4.79 Å². The summed E-state index contributed by atoms with van der Waals surface area (Å²) in [6, 6.07) is 20.2. The van der Waals surface area contributed by atoms with Crippen molar-refractivity contribution in [2.45, 2.75) is 19.0 Å². The van der Waals surface area contributed by atoms with Gasteiger partial charge in [-0.3, -0.25) is 14.2 Å². The Balaban J connectivity index is 1.59. The second kappa shape index (κ2) is 9.00. The summed E-state index contributed by atoms with van der Waals surface area (Å²) in [5.74, 6) is -0.208. The van der Waals surface area contributed by atoms with Crippen LogP contribution in [0.2, 0.25) is 5.02 Å². The van der Waals surface area contributed by atoms with Gasteiger partial charge in [0.15, 0.2) is 5.16 Å². The van der Waals surface area contributed by atoms with Crippen LogP contribution in [-0.4, -0.2) is 21.2 Å². The minimum atomic E-state index is -0.321. The summed E-state index contributed by atoms with van der Waals surface area (Å²) in [5, 5.41) is 4.42. The monoisotopic (exact) mass is 489 g/mol. The van der Waals surface area contributed by atoms with E-state index in [4.69, 9.17) is 21.0 Å². The molecule has 2 aromatic heterocycles. The number of aryl methyl sites for hydroxylation is 2. The average molecular weight is 490 g/mol. The number of thioether (sulfide) groups is 1. The van der Waals surface area contributed by atoms with Gasteiger partial charge in [0.05, 0.1) is 22.2 Å². The maximum Gasteiger partial charge on any atom is 0.302 e. The predicted molar refractivity (Wildman–Crippen MR) is 137 cm³/mol. The number of para-hydroxylation sites is 2. The Bertz CT molecular complexity index is 1620. The number of amides is 1. The van der Waals surface area contributed by atoms with Crippen molar-refractivity contribution in [2.75, 3.05) is 11.1 Å². The van der Waals surface area contributed by atoms with Gasteiger partial charge in [-0.1, -0.05) is 53.7 Å². The Morgan fingerprint density at radius 3 is 2.62 bits per heavy atom. The quantitative estimate of drug-likeness (QED) is 0.237. The van der Waals surface area contributed by atoms with Gasteiger partial charge in [0.2, 0.25) is 11.5 Å². The van der Waals surface area contributed by atoms with E-state index in [0.29, 0.717) is 32.7 Å². The summed E-state index contributed by atoms with van der Waals surface area (Å²) in [4.78, 5) is 31.0. The van der Waals surface area contributed by atoms with E-state index in [-0.39, 0.29) is 22.8 Å². The normalized spacial score (nSPS) is 11.3. The van der Waals surface area contributed by atoms with E-state index in [9.17, 15) is 9.59 Å². The molecule has 6 nitrogen and oxygen atoms in total. The first kappa shape index (κ1) is 22.3. The van der Waals surface area contributed by atoms with Gasteiger partial charge in [-0.2, -0.15) is 0 Å². The smallest absolute Gasteiger partial charge is 0.302 e. The van der Waals surface area contributed by atoms with E-state index < -0.39 is 0 Å². The van der Waals surface area contributed by atoms with Gasteiger partial charge in [0.25, 0.3) is 0 Å². The molecule has 0 unspecified atom stereocenters. The van der Waals surface area contributed by atoms with E-state index >= 15 is 0 Å². The van der Waals surface area contributed by atoms with Crippen molar-refractivity contribution < 1.29 is 9.21 Å². The molecule has 1 N–H and O–H groups in total. The SMILES string of the molecule is Cc1ccc(-n2c(SCC(=O)Nc3ccccc3Cl)nc3c(oc4ccccc43)c2=O)cc1C. The number of anilines is 1. The lowest BCUT2D eigenvalue weighted by Gasteiger charge is -2.13. The second-order valence-electron chi connectivity index (χ2n) is 7.90. The lowest BCUT2D eigenvalue weighted by Crippen LogP contribution is -2.22. The summed E-state index contributed by atoms with van der Waals surface area (Å²) < 4.78 is 7.38. The van der Waals surface area contributed by atoms with Crippen LogP contribution in [0.5, 0.6) is 0 Å². The fraction of sp³-hybridized carbons (Fsp3) is 0.115. The number of benzene rings is 3. The highest BCUT2D eigenvalue weighted by Gasteiger charge is 2.20. The van der Waals surface area contributed by atoms with Crippen molar-refractivity contribution in [3.05, 3.63) is 93.2 Å². The molecule has 0 saturated heterocycles. The number of carbonyl (C=O) groups excluding carboxylic acids is 1. The molecular formula is C26H20ClN3O3S. The highest BCUT2D eigenvalue weighted by Crippen LogP contribution is 2.29. The van der Waals surface area contributed by atoms with Crippen LogP contribution < -0.4 is 10.9 Å². The number of nitrogens with zero attached hydrogens (tertiary/aromatic N) is 2. The molecule has 34 heavy (non-hydrogen) atoms. The molecule has 0 fully saturated rings. The van der Waals surface area contributed by atoms with E-state index in [2.05, 4.69) is 5.32 Å². The van der Waals surface area contributed by atoms with Crippen molar-refractivity contribution >= 4 is 57.0 Å². The van der Waals surface area contributed by atoms with Crippen LogP contribution in [0.4, 0.5) is 5.69 Å². The lowest BCUT2D eigenvalue weighted by molar-refractivity contribution is -0.113. The van der Waals surface area contributed by atoms with Crippen molar-refractivity contribution in [3.8, 4) is 5.69 Å². The zero-order chi connectivity index (χ0) is 23.8. The molecule has 1 amide bonds. The van der Waals surface area contributed by atoms with Crippen LogP contribution in [0.1, 0.15) is 11.1 Å². The standard InChI is InChI=1S/C26H20ClN3O3S/c1-15-11-12-17(13-16(15)2)30-25(32)24-23(18-7-3-6-10-21(18)33-24)29-26(30)34-14-22(31)28-20-9-5-4-8-19(20)27/h3-13H,14H2,1-2H3,(H,28,31). The van der Waals surface area contributed by atoms with E-state index in [1.54, 1.807) is 30.3 Å². The number of hydrogen-bond acceptors (Lipinski definition) is 5. The minimum absolute atomic E-state index is 0.0454. The van der Waals surface area contributed by atoms with Crippen LogP contribution in [0, 0.1) is 13.8 Å². The molecule has 0 spiro atoms. The van der Waals surface area contributed by atoms with E-state index in [1.165, 1.54) is 16.3 Å². The molecule has 0 aliphatic rings. The molecule has 8 heteroatoms. The van der Waals surface area contributed by atoms with Gasteiger partial charge in [0, 0.05) is 5.39 Å². The number of rotatable bonds is 5. The third kappa shape index (κ3) is 4.08. The summed E-state index contributed by atoms with van der Waals surface area (Å²) in [6.07, 6.45) is 0. The number of furan rings is 1. The van der Waals surface area contributed by atoms with E-state index in [0.717, 1.165) is 16.5 Å². The molecule has 0 aliphatic carbocycles. The second-order valence-corrected chi connectivity index (χ2v) is 9.25. The van der Waals surface area contributed by atoms with Crippen molar-refractivity contribution in [1.29, 1.82) is 0 Å². The first-order chi connectivity index (χ1) is 16.4. The fourth-order valence-corrected chi connectivity index (χ4v) is 4.68. The number of aromatic nitrogens is 2. The number of carbonyl (C=O) groups is 1. The molecule has 170 valence electrons. The predicted octanol–water partition coefficient (Wildman–Crippen LogP) is 6.13. The highest BCUT2D eigenvalue weighted by atomic mass is 35.5. The summed E-state index contributed by atoms with van der Waals surface area (Å²) in [6.45, 7) is 4.00. The third-order valence-corrected chi connectivity index (χ3v) is 6.86. The molecular weight excluding hydrogens is 470 g/mol. The fourth-order valence-electron chi connectivity index (χ4n) is 3.69. The maximum absolute atomic E-state index is 13.6. The molecule has 5 aromatic rings. The van der Waals surface area contributed by atoms with Crippen LogP contribution in [0.15, 0.2) is 81.1 Å². The van der Waals surface area contributed by atoms with Crippen LogP contribution in [0.3, 0.4) is 0 Å². The van der Waals surface area contributed by atoms with Gasteiger partial charge in [-0.25, -0.2) is 4.98 Å². The average Bonchev–Trinajstić information content (AvgIpc) is 3.20.